The molecule has 0 saturated carbocycles. The maximum Gasteiger partial charge on any atom is 0.307 e. The van der Waals surface area contributed by atoms with Crippen LogP contribution in [0.5, 0.6) is 0 Å². The second-order valence-electron chi connectivity index (χ2n) is 3.97. The van der Waals surface area contributed by atoms with Crippen LogP contribution in [0.3, 0.4) is 0 Å². The van der Waals surface area contributed by atoms with Crippen LogP contribution in [0.4, 0.5) is 0 Å². The molecule has 14 heavy (non-hydrogen) atoms. The van der Waals surface area contributed by atoms with E-state index in [4.69, 9.17) is 0 Å². The van der Waals surface area contributed by atoms with Crippen molar-refractivity contribution in [3.8, 4) is 0 Å². The van der Waals surface area contributed by atoms with E-state index in [9.17, 15) is 4.79 Å². The maximum atomic E-state index is 11.5. The highest BCUT2D eigenvalue weighted by atomic mass is 32.1. The lowest BCUT2D eigenvalue weighted by atomic mass is 9.99. The number of nitrogens with one attached hydrogen (secondary N) is 1. The van der Waals surface area contributed by atoms with Crippen LogP contribution in [0, 0.1) is 19.8 Å². The van der Waals surface area contributed by atoms with Gasteiger partial charge in [0.15, 0.2) is 0 Å². The van der Waals surface area contributed by atoms with Gasteiger partial charge < -0.3 is 9.88 Å². The Balaban J connectivity index is 2.04. The SMILES string of the molecule is Cc1sc(=O)n(CCC2CNC2)c1C. The van der Waals surface area contributed by atoms with E-state index in [1.807, 2.05) is 18.4 Å². The highest BCUT2D eigenvalue weighted by Gasteiger charge is 2.17. The van der Waals surface area contributed by atoms with Gasteiger partial charge in [-0.25, -0.2) is 0 Å². The Kier molecular flexibility index (Phi) is 2.74. The van der Waals surface area contributed by atoms with Gasteiger partial charge in [0.05, 0.1) is 0 Å². The van der Waals surface area contributed by atoms with Crippen LogP contribution >= 0.6 is 11.3 Å². The first-order valence-electron chi connectivity index (χ1n) is 5.06. The molecule has 0 bridgehead atoms. The zero-order valence-electron chi connectivity index (χ0n) is 8.67. The van der Waals surface area contributed by atoms with E-state index in [-0.39, 0.29) is 4.87 Å². The topological polar surface area (TPSA) is 34.0 Å². The molecule has 1 aromatic rings. The largest absolute Gasteiger partial charge is 0.316 e. The van der Waals surface area contributed by atoms with Gasteiger partial charge in [-0.05, 0) is 39.3 Å². The second kappa shape index (κ2) is 3.87. The minimum atomic E-state index is 0.201. The fourth-order valence-electron chi connectivity index (χ4n) is 1.71. The fourth-order valence-corrected chi connectivity index (χ4v) is 2.57. The lowest BCUT2D eigenvalue weighted by Gasteiger charge is -2.27. The van der Waals surface area contributed by atoms with Crippen molar-refractivity contribution in [3.05, 3.63) is 20.2 Å². The van der Waals surface area contributed by atoms with Gasteiger partial charge in [-0.1, -0.05) is 11.3 Å². The van der Waals surface area contributed by atoms with Crippen LogP contribution in [0.15, 0.2) is 4.79 Å². The van der Waals surface area contributed by atoms with Gasteiger partial charge >= 0.3 is 4.87 Å². The zero-order valence-corrected chi connectivity index (χ0v) is 9.49. The summed E-state index contributed by atoms with van der Waals surface area (Å²) in [6.07, 6.45) is 1.13. The van der Waals surface area contributed by atoms with E-state index in [0.717, 1.165) is 42.5 Å². The first-order chi connectivity index (χ1) is 6.68. The maximum absolute atomic E-state index is 11.5. The number of rotatable bonds is 3. The van der Waals surface area contributed by atoms with Crippen molar-refractivity contribution in [1.29, 1.82) is 0 Å². The van der Waals surface area contributed by atoms with Crippen LogP contribution in [-0.4, -0.2) is 17.7 Å². The molecular formula is C10H16N2OS. The monoisotopic (exact) mass is 212 g/mol. The lowest BCUT2D eigenvalue weighted by molar-refractivity contribution is 0.310. The van der Waals surface area contributed by atoms with Gasteiger partial charge in [0.2, 0.25) is 0 Å². The molecule has 0 unspecified atom stereocenters. The van der Waals surface area contributed by atoms with Crippen molar-refractivity contribution in [2.75, 3.05) is 13.1 Å². The number of hydrogen-bond donors (Lipinski definition) is 1. The molecular weight excluding hydrogens is 196 g/mol. The van der Waals surface area contributed by atoms with E-state index < -0.39 is 0 Å². The molecule has 2 heterocycles. The second-order valence-corrected chi connectivity index (χ2v) is 5.14. The van der Waals surface area contributed by atoms with Crippen molar-refractivity contribution in [3.63, 3.8) is 0 Å². The Morgan fingerprint density at radius 3 is 2.64 bits per heavy atom. The van der Waals surface area contributed by atoms with Crippen molar-refractivity contribution in [2.24, 2.45) is 5.92 Å². The lowest BCUT2D eigenvalue weighted by Crippen LogP contribution is -2.42. The molecule has 0 spiro atoms. The molecule has 1 N–H and O–H groups in total. The molecule has 1 aliphatic heterocycles. The van der Waals surface area contributed by atoms with Gasteiger partial charge in [-0.3, -0.25) is 4.79 Å². The molecule has 1 saturated heterocycles. The van der Waals surface area contributed by atoms with Crippen molar-refractivity contribution >= 4 is 11.3 Å². The number of aromatic nitrogens is 1. The predicted molar refractivity (Wildman–Crippen MR) is 59.0 cm³/mol. The predicted octanol–water partition coefficient (Wildman–Crippen LogP) is 1.14. The summed E-state index contributed by atoms with van der Waals surface area (Å²) in [5.41, 5.74) is 1.15. The summed E-state index contributed by atoms with van der Waals surface area (Å²) >= 11 is 1.36. The van der Waals surface area contributed by atoms with Crippen LogP contribution < -0.4 is 10.2 Å². The molecule has 0 radical (unpaired) electrons. The standard InChI is InChI=1S/C10H16N2OS/c1-7-8(2)14-10(13)12(7)4-3-9-5-11-6-9/h9,11H,3-6H2,1-2H3. The molecule has 0 amide bonds. The number of nitrogens with zero attached hydrogens (tertiary/aromatic N) is 1. The van der Waals surface area contributed by atoms with E-state index in [0.29, 0.717) is 0 Å². The summed E-state index contributed by atoms with van der Waals surface area (Å²) in [5.74, 6) is 0.779. The number of hydrogen-bond acceptors (Lipinski definition) is 3. The highest BCUT2D eigenvalue weighted by molar-refractivity contribution is 7.09. The minimum absolute atomic E-state index is 0.201. The average molecular weight is 212 g/mol. The highest BCUT2D eigenvalue weighted by Crippen LogP contribution is 2.13. The van der Waals surface area contributed by atoms with Crippen LogP contribution in [0.2, 0.25) is 0 Å². The summed E-state index contributed by atoms with van der Waals surface area (Å²) in [5, 5.41) is 3.25. The van der Waals surface area contributed by atoms with E-state index >= 15 is 0 Å². The molecule has 2 rings (SSSR count). The molecule has 1 aromatic heterocycles. The van der Waals surface area contributed by atoms with Gasteiger partial charge in [0.1, 0.15) is 0 Å². The summed E-state index contributed by atoms with van der Waals surface area (Å²) in [7, 11) is 0. The van der Waals surface area contributed by atoms with Gasteiger partial charge in [-0.2, -0.15) is 0 Å². The van der Waals surface area contributed by atoms with Crippen LogP contribution in [-0.2, 0) is 6.54 Å². The first-order valence-corrected chi connectivity index (χ1v) is 5.87. The zero-order chi connectivity index (χ0) is 10.1. The van der Waals surface area contributed by atoms with E-state index in [1.165, 1.54) is 11.3 Å². The third-order valence-electron chi connectivity index (χ3n) is 3.00. The Labute approximate surface area is 87.8 Å². The van der Waals surface area contributed by atoms with Crippen molar-refractivity contribution < 1.29 is 0 Å². The smallest absolute Gasteiger partial charge is 0.307 e. The molecule has 3 nitrogen and oxygen atoms in total. The summed E-state index contributed by atoms with van der Waals surface area (Å²) < 4.78 is 1.91. The quantitative estimate of drug-likeness (QED) is 0.815. The first kappa shape index (κ1) is 9.93. The van der Waals surface area contributed by atoms with Gasteiger partial charge in [-0.15, -0.1) is 0 Å². The third kappa shape index (κ3) is 1.77. The normalized spacial score (nSPS) is 17.0. The Morgan fingerprint density at radius 2 is 2.21 bits per heavy atom. The van der Waals surface area contributed by atoms with Crippen molar-refractivity contribution in [1.82, 2.24) is 9.88 Å². The average Bonchev–Trinajstić information content (AvgIpc) is 2.28. The summed E-state index contributed by atoms with van der Waals surface area (Å²) in [6.45, 7) is 7.18. The molecule has 1 fully saturated rings. The Hall–Kier alpha value is -0.610. The van der Waals surface area contributed by atoms with Gasteiger partial charge in [0.25, 0.3) is 0 Å². The molecule has 1 aliphatic rings. The van der Waals surface area contributed by atoms with E-state index in [1.54, 1.807) is 0 Å². The fraction of sp³-hybridized carbons (Fsp3) is 0.700. The molecule has 0 aliphatic carbocycles. The third-order valence-corrected chi connectivity index (χ3v) is 4.00. The molecule has 0 atom stereocenters. The van der Waals surface area contributed by atoms with Crippen LogP contribution in [0.1, 0.15) is 17.0 Å². The van der Waals surface area contributed by atoms with Gasteiger partial charge in [0, 0.05) is 17.1 Å². The summed E-state index contributed by atoms with van der Waals surface area (Å²) in [4.78, 5) is 12.9. The number of aryl methyl sites for hydroxylation is 1. The van der Waals surface area contributed by atoms with Crippen LogP contribution in [0.25, 0.3) is 0 Å². The summed E-state index contributed by atoms with van der Waals surface area (Å²) in [6, 6.07) is 0. The minimum Gasteiger partial charge on any atom is -0.316 e. The Morgan fingerprint density at radius 1 is 1.50 bits per heavy atom. The Bertz CT molecular complexity index is 376. The molecule has 0 aromatic carbocycles. The molecule has 4 heteroatoms. The molecule has 78 valence electrons. The van der Waals surface area contributed by atoms with E-state index in [2.05, 4.69) is 5.32 Å². The number of thiazole rings is 1. The van der Waals surface area contributed by atoms with Crippen molar-refractivity contribution in [2.45, 2.75) is 26.8 Å².